The van der Waals surface area contributed by atoms with Crippen molar-refractivity contribution in [1.29, 1.82) is 0 Å². The number of hydrogen-bond acceptors (Lipinski definition) is 4. The molecule has 1 amide bonds. The van der Waals surface area contributed by atoms with Gasteiger partial charge in [0.25, 0.3) is 5.91 Å². The summed E-state index contributed by atoms with van der Waals surface area (Å²) in [5.74, 6) is 5.10. The van der Waals surface area contributed by atoms with E-state index in [4.69, 9.17) is 21.1 Å². The van der Waals surface area contributed by atoms with E-state index in [1.54, 1.807) is 30.9 Å². The minimum atomic E-state index is -1.09. The number of amides is 1. The SMILES string of the molecule is CC1(C)OC[C@H](C(=O)N2CCC(O)(C#Cc3cccc(Cl)c3)CC2)O1. The number of nitrogens with zero attached hydrogens (tertiary/aromatic N) is 1. The largest absolute Gasteiger partial charge is 0.377 e. The molecular weight excluding hydrogens is 342 g/mol. The van der Waals surface area contributed by atoms with E-state index < -0.39 is 17.5 Å². The normalized spacial score (nSPS) is 24.5. The van der Waals surface area contributed by atoms with Gasteiger partial charge in [0.15, 0.2) is 11.9 Å². The molecule has 0 saturated carbocycles. The first-order valence-electron chi connectivity index (χ1n) is 8.38. The zero-order valence-corrected chi connectivity index (χ0v) is 15.2. The van der Waals surface area contributed by atoms with Gasteiger partial charge in [-0.2, -0.15) is 0 Å². The predicted octanol–water partition coefficient (Wildman–Crippen LogP) is 2.20. The molecule has 25 heavy (non-hydrogen) atoms. The average Bonchev–Trinajstić information content (AvgIpc) is 2.93. The summed E-state index contributed by atoms with van der Waals surface area (Å²) in [4.78, 5) is 14.2. The fourth-order valence-corrected chi connectivity index (χ4v) is 3.18. The third-order valence-corrected chi connectivity index (χ3v) is 4.69. The van der Waals surface area contributed by atoms with Gasteiger partial charge >= 0.3 is 0 Å². The van der Waals surface area contributed by atoms with Gasteiger partial charge in [-0.05, 0) is 32.0 Å². The molecule has 2 aliphatic heterocycles. The summed E-state index contributed by atoms with van der Waals surface area (Å²) in [5.41, 5.74) is -0.330. The van der Waals surface area contributed by atoms with Gasteiger partial charge < -0.3 is 19.5 Å². The molecule has 1 N–H and O–H groups in total. The number of benzene rings is 1. The van der Waals surface area contributed by atoms with Crippen LogP contribution in [0.3, 0.4) is 0 Å². The molecule has 1 aromatic rings. The van der Waals surface area contributed by atoms with Crippen molar-refractivity contribution in [2.24, 2.45) is 0 Å². The number of aliphatic hydroxyl groups is 1. The van der Waals surface area contributed by atoms with E-state index in [1.165, 1.54) is 0 Å². The number of carbonyl (C=O) groups excluding carboxylic acids is 1. The highest BCUT2D eigenvalue weighted by atomic mass is 35.5. The molecule has 3 rings (SSSR count). The maximum absolute atomic E-state index is 12.5. The van der Waals surface area contributed by atoms with E-state index in [1.807, 2.05) is 12.1 Å². The Balaban J connectivity index is 1.59. The third kappa shape index (κ3) is 4.53. The van der Waals surface area contributed by atoms with Crippen LogP contribution in [0, 0.1) is 11.8 Å². The summed E-state index contributed by atoms with van der Waals surface area (Å²) in [6.45, 7) is 4.74. The standard InChI is InChI=1S/C19H22ClNO4/c1-18(2)24-13-16(25-18)17(22)21-10-8-19(23,9-11-21)7-6-14-4-3-5-15(20)12-14/h3-5,12,16,23H,8-11,13H2,1-2H3/t16-/m1/s1. The number of rotatable bonds is 1. The van der Waals surface area contributed by atoms with Crippen LogP contribution in [0.15, 0.2) is 24.3 Å². The van der Waals surface area contributed by atoms with Crippen molar-refractivity contribution < 1.29 is 19.4 Å². The zero-order valence-electron chi connectivity index (χ0n) is 14.4. The van der Waals surface area contributed by atoms with Gasteiger partial charge in [0, 0.05) is 36.5 Å². The predicted molar refractivity (Wildman–Crippen MR) is 94.0 cm³/mol. The third-order valence-electron chi connectivity index (χ3n) is 4.45. The van der Waals surface area contributed by atoms with Gasteiger partial charge in [0.2, 0.25) is 0 Å². The van der Waals surface area contributed by atoms with E-state index in [0.717, 1.165) is 5.56 Å². The minimum absolute atomic E-state index is 0.0876. The Hall–Kier alpha value is -1.58. The first-order valence-corrected chi connectivity index (χ1v) is 8.76. The smallest absolute Gasteiger partial charge is 0.254 e. The lowest BCUT2D eigenvalue weighted by Gasteiger charge is -2.36. The molecule has 134 valence electrons. The monoisotopic (exact) mass is 363 g/mol. The second-order valence-electron chi connectivity index (χ2n) is 6.93. The molecule has 1 atom stereocenters. The Kier molecular flexibility index (Phi) is 5.08. The van der Waals surface area contributed by atoms with Crippen molar-refractivity contribution in [3.05, 3.63) is 34.9 Å². The molecule has 0 spiro atoms. The van der Waals surface area contributed by atoms with Crippen molar-refractivity contribution in [1.82, 2.24) is 4.90 Å². The highest BCUT2D eigenvalue weighted by molar-refractivity contribution is 6.30. The van der Waals surface area contributed by atoms with Gasteiger partial charge in [-0.1, -0.05) is 29.5 Å². The highest BCUT2D eigenvalue weighted by Crippen LogP contribution is 2.27. The first kappa shape index (κ1) is 18.2. The van der Waals surface area contributed by atoms with Crippen molar-refractivity contribution in [2.45, 2.75) is 44.2 Å². The van der Waals surface area contributed by atoms with E-state index >= 15 is 0 Å². The van der Waals surface area contributed by atoms with Crippen LogP contribution in [-0.2, 0) is 14.3 Å². The molecule has 0 aliphatic carbocycles. The summed E-state index contributed by atoms with van der Waals surface area (Å²) in [6.07, 6.45) is 0.241. The summed E-state index contributed by atoms with van der Waals surface area (Å²) in [6, 6.07) is 7.21. The quantitative estimate of drug-likeness (QED) is 0.777. The van der Waals surface area contributed by atoms with Crippen LogP contribution in [0.1, 0.15) is 32.3 Å². The van der Waals surface area contributed by atoms with Crippen LogP contribution in [0.5, 0.6) is 0 Å². The zero-order chi connectivity index (χ0) is 18.1. The Morgan fingerprint density at radius 3 is 2.68 bits per heavy atom. The second-order valence-corrected chi connectivity index (χ2v) is 7.37. The Morgan fingerprint density at radius 2 is 2.08 bits per heavy atom. The van der Waals surface area contributed by atoms with Crippen LogP contribution < -0.4 is 0 Å². The van der Waals surface area contributed by atoms with Crippen LogP contribution >= 0.6 is 11.6 Å². The van der Waals surface area contributed by atoms with Crippen LogP contribution in [0.4, 0.5) is 0 Å². The number of ether oxygens (including phenoxy) is 2. The first-order chi connectivity index (χ1) is 11.8. The molecule has 0 radical (unpaired) electrons. The van der Waals surface area contributed by atoms with Crippen LogP contribution in [-0.4, -0.2) is 53.1 Å². The van der Waals surface area contributed by atoms with Gasteiger partial charge in [0.1, 0.15) is 5.60 Å². The van der Waals surface area contributed by atoms with Crippen molar-refractivity contribution >= 4 is 17.5 Å². The summed E-state index contributed by atoms with van der Waals surface area (Å²) in [7, 11) is 0. The van der Waals surface area contributed by atoms with E-state index in [9.17, 15) is 9.90 Å². The topological polar surface area (TPSA) is 59.0 Å². The lowest BCUT2D eigenvalue weighted by atomic mass is 9.91. The molecule has 5 nitrogen and oxygen atoms in total. The van der Waals surface area contributed by atoms with Gasteiger partial charge in [0.05, 0.1) is 6.61 Å². The molecule has 0 bridgehead atoms. The van der Waals surface area contributed by atoms with Crippen molar-refractivity contribution in [3.63, 3.8) is 0 Å². The molecule has 2 heterocycles. The molecule has 2 aliphatic rings. The number of carbonyl (C=O) groups is 1. The molecule has 1 aromatic carbocycles. The maximum Gasteiger partial charge on any atom is 0.254 e. The number of halogens is 1. The molecule has 0 unspecified atom stereocenters. The Morgan fingerprint density at radius 1 is 1.36 bits per heavy atom. The fourth-order valence-electron chi connectivity index (χ4n) is 2.99. The molecule has 2 saturated heterocycles. The van der Waals surface area contributed by atoms with Crippen LogP contribution in [0.25, 0.3) is 0 Å². The maximum atomic E-state index is 12.5. The lowest BCUT2D eigenvalue weighted by Crippen LogP contribution is -2.49. The van der Waals surface area contributed by atoms with E-state index in [2.05, 4.69) is 11.8 Å². The fraction of sp³-hybridized carbons (Fsp3) is 0.526. The molecule has 0 aromatic heterocycles. The van der Waals surface area contributed by atoms with Crippen LogP contribution in [0.2, 0.25) is 5.02 Å². The molecule has 6 heteroatoms. The number of hydrogen-bond donors (Lipinski definition) is 1. The summed E-state index contributed by atoms with van der Waals surface area (Å²) < 4.78 is 11.1. The number of likely N-dealkylation sites (tertiary alicyclic amines) is 1. The lowest BCUT2D eigenvalue weighted by molar-refractivity contribution is -0.162. The highest BCUT2D eigenvalue weighted by Gasteiger charge is 2.41. The van der Waals surface area contributed by atoms with Gasteiger partial charge in [-0.25, -0.2) is 0 Å². The number of piperidine rings is 1. The van der Waals surface area contributed by atoms with E-state index in [0.29, 0.717) is 31.0 Å². The summed E-state index contributed by atoms with van der Waals surface area (Å²) >= 11 is 5.94. The Labute approximate surface area is 152 Å². The molecule has 2 fully saturated rings. The second kappa shape index (κ2) is 6.97. The Bertz CT molecular complexity index is 714. The van der Waals surface area contributed by atoms with Crippen molar-refractivity contribution in [2.75, 3.05) is 19.7 Å². The van der Waals surface area contributed by atoms with Gasteiger partial charge in [-0.3, -0.25) is 4.79 Å². The minimum Gasteiger partial charge on any atom is -0.377 e. The van der Waals surface area contributed by atoms with Gasteiger partial charge in [-0.15, -0.1) is 0 Å². The summed E-state index contributed by atoms with van der Waals surface area (Å²) in [5, 5.41) is 11.3. The average molecular weight is 364 g/mol. The van der Waals surface area contributed by atoms with E-state index in [-0.39, 0.29) is 12.5 Å². The molecular formula is C19H22ClNO4. The van der Waals surface area contributed by atoms with Crippen molar-refractivity contribution in [3.8, 4) is 11.8 Å².